The van der Waals surface area contributed by atoms with Crippen LogP contribution >= 0.6 is 15.9 Å². The predicted octanol–water partition coefficient (Wildman–Crippen LogP) is 2.13. The highest BCUT2D eigenvalue weighted by atomic mass is 79.9. The molecule has 2 N–H and O–H groups in total. The van der Waals surface area contributed by atoms with E-state index in [0.717, 1.165) is 33.5 Å². The average molecular weight is 274 g/mol. The van der Waals surface area contributed by atoms with Crippen LogP contribution in [0.2, 0.25) is 0 Å². The summed E-state index contributed by atoms with van der Waals surface area (Å²) >= 11 is 3.51. The molecule has 1 aliphatic rings. The van der Waals surface area contributed by atoms with Crippen molar-refractivity contribution in [3.05, 3.63) is 21.7 Å². The number of rotatable bonds is 3. The van der Waals surface area contributed by atoms with E-state index >= 15 is 0 Å². The van der Waals surface area contributed by atoms with E-state index in [1.807, 2.05) is 6.07 Å². The molecule has 1 aromatic carbocycles. The Morgan fingerprint density at radius 3 is 3.00 bits per heavy atom. The summed E-state index contributed by atoms with van der Waals surface area (Å²) in [6, 6.07) is 1.92. The van der Waals surface area contributed by atoms with E-state index in [1.165, 1.54) is 0 Å². The van der Waals surface area contributed by atoms with Crippen molar-refractivity contribution in [1.82, 2.24) is 0 Å². The van der Waals surface area contributed by atoms with Gasteiger partial charge in [-0.2, -0.15) is 0 Å². The first-order chi connectivity index (χ1) is 7.27. The van der Waals surface area contributed by atoms with Gasteiger partial charge in [0, 0.05) is 0 Å². The zero-order valence-electron chi connectivity index (χ0n) is 8.38. The van der Waals surface area contributed by atoms with Crippen molar-refractivity contribution >= 4 is 15.9 Å². The van der Waals surface area contributed by atoms with E-state index in [0.29, 0.717) is 6.61 Å². The summed E-state index contributed by atoms with van der Waals surface area (Å²) in [4.78, 5) is 4.67. The molecule has 4 nitrogen and oxygen atoms in total. The van der Waals surface area contributed by atoms with Gasteiger partial charge in [-0.25, -0.2) is 5.90 Å². The predicted molar refractivity (Wildman–Crippen MR) is 58.6 cm³/mol. The smallest absolute Gasteiger partial charge is 0.231 e. The van der Waals surface area contributed by atoms with E-state index < -0.39 is 0 Å². The normalized spacial score (nSPS) is 13.3. The standard InChI is InChI=1S/C10H12BrNO3/c1-2-7-6(4-15-12)3-8-10(9(7)11)14-5-13-8/h3H,2,4-5,12H2,1H3. The van der Waals surface area contributed by atoms with Crippen LogP contribution in [0.15, 0.2) is 10.5 Å². The molecule has 0 aliphatic carbocycles. The maximum absolute atomic E-state index is 5.36. The molecule has 1 heterocycles. The van der Waals surface area contributed by atoms with Gasteiger partial charge < -0.3 is 9.47 Å². The fourth-order valence-corrected chi connectivity index (χ4v) is 2.54. The van der Waals surface area contributed by atoms with Crippen LogP contribution in [0.5, 0.6) is 11.5 Å². The molecule has 0 fully saturated rings. The summed E-state index contributed by atoms with van der Waals surface area (Å²) in [6.45, 7) is 2.71. The van der Waals surface area contributed by atoms with E-state index in [4.69, 9.17) is 15.4 Å². The van der Waals surface area contributed by atoms with Gasteiger partial charge in [-0.3, -0.25) is 4.84 Å². The molecule has 1 aliphatic heterocycles. The largest absolute Gasteiger partial charge is 0.454 e. The fourth-order valence-electron chi connectivity index (χ4n) is 1.69. The molecular formula is C10H12BrNO3. The highest BCUT2D eigenvalue weighted by molar-refractivity contribution is 9.10. The molecule has 0 aromatic heterocycles. The van der Waals surface area contributed by atoms with Crippen LogP contribution in [0.25, 0.3) is 0 Å². The van der Waals surface area contributed by atoms with Gasteiger partial charge >= 0.3 is 0 Å². The third-order valence-electron chi connectivity index (χ3n) is 2.39. The van der Waals surface area contributed by atoms with Gasteiger partial charge in [-0.05, 0) is 39.5 Å². The highest BCUT2D eigenvalue weighted by Gasteiger charge is 2.21. The minimum atomic E-state index is 0.268. The molecule has 0 radical (unpaired) electrons. The zero-order chi connectivity index (χ0) is 10.8. The van der Waals surface area contributed by atoms with Crippen LogP contribution in [0, 0.1) is 0 Å². The van der Waals surface area contributed by atoms with Crippen molar-refractivity contribution in [3.8, 4) is 11.5 Å². The third-order valence-corrected chi connectivity index (χ3v) is 3.23. The molecule has 0 unspecified atom stereocenters. The summed E-state index contributed by atoms with van der Waals surface area (Å²) in [6.07, 6.45) is 0.885. The topological polar surface area (TPSA) is 53.7 Å². The van der Waals surface area contributed by atoms with Crippen LogP contribution in [-0.2, 0) is 17.9 Å². The minimum absolute atomic E-state index is 0.268. The Morgan fingerprint density at radius 1 is 1.53 bits per heavy atom. The van der Waals surface area contributed by atoms with Gasteiger partial charge in [0.25, 0.3) is 0 Å². The zero-order valence-corrected chi connectivity index (χ0v) is 9.96. The molecule has 1 aromatic rings. The van der Waals surface area contributed by atoms with Crippen molar-refractivity contribution in [2.24, 2.45) is 5.90 Å². The first-order valence-corrected chi connectivity index (χ1v) is 5.48. The van der Waals surface area contributed by atoms with E-state index in [2.05, 4.69) is 27.7 Å². The number of hydrogen-bond donors (Lipinski definition) is 1. The molecule has 0 atom stereocenters. The lowest BCUT2D eigenvalue weighted by Crippen LogP contribution is -2.03. The Bertz CT molecular complexity index is 381. The first-order valence-electron chi connectivity index (χ1n) is 4.69. The maximum atomic E-state index is 5.36. The Kier molecular flexibility index (Phi) is 3.14. The van der Waals surface area contributed by atoms with Crippen LogP contribution < -0.4 is 15.4 Å². The molecule has 5 heteroatoms. The van der Waals surface area contributed by atoms with Gasteiger partial charge in [0.15, 0.2) is 11.5 Å². The van der Waals surface area contributed by atoms with Gasteiger partial charge in [0.05, 0.1) is 11.1 Å². The van der Waals surface area contributed by atoms with Crippen LogP contribution in [0.1, 0.15) is 18.1 Å². The molecule has 0 bridgehead atoms. The van der Waals surface area contributed by atoms with Crippen molar-refractivity contribution in [2.75, 3.05) is 6.79 Å². The van der Waals surface area contributed by atoms with Gasteiger partial charge in [-0.15, -0.1) is 0 Å². The van der Waals surface area contributed by atoms with Gasteiger partial charge in [-0.1, -0.05) is 6.92 Å². The lowest BCUT2D eigenvalue weighted by molar-refractivity contribution is 0.123. The number of hydrogen-bond acceptors (Lipinski definition) is 4. The third kappa shape index (κ3) is 1.82. The molecular weight excluding hydrogens is 262 g/mol. The molecule has 2 rings (SSSR count). The Hall–Kier alpha value is -0.780. The summed E-state index contributed by atoms with van der Waals surface area (Å²) in [5.74, 6) is 6.60. The van der Waals surface area contributed by atoms with Gasteiger partial charge in [0.1, 0.15) is 0 Å². The van der Waals surface area contributed by atoms with Crippen LogP contribution in [0.3, 0.4) is 0 Å². The maximum Gasteiger partial charge on any atom is 0.231 e. The fraction of sp³-hybridized carbons (Fsp3) is 0.400. The lowest BCUT2D eigenvalue weighted by atomic mass is 10.0. The van der Waals surface area contributed by atoms with E-state index in [9.17, 15) is 0 Å². The number of fused-ring (bicyclic) bond motifs is 1. The Labute approximate surface area is 96.4 Å². The molecule has 82 valence electrons. The van der Waals surface area contributed by atoms with Gasteiger partial charge in [0.2, 0.25) is 6.79 Å². The van der Waals surface area contributed by atoms with E-state index in [1.54, 1.807) is 0 Å². The lowest BCUT2D eigenvalue weighted by Gasteiger charge is -2.11. The van der Waals surface area contributed by atoms with Crippen LogP contribution in [-0.4, -0.2) is 6.79 Å². The second kappa shape index (κ2) is 4.38. The number of halogens is 1. The SMILES string of the molecule is CCc1c(CON)cc2c(c1Br)OCO2. The second-order valence-corrected chi connectivity index (χ2v) is 4.02. The summed E-state index contributed by atoms with van der Waals surface area (Å²) in [5, 5.41) is 0. The van der Waals surface area contributed by atoms with Crippen LogP contribution in [0.4, 0.5) is 0 Å². The summed E-state index contributed by atoms with van der Waals surface area (Å²) < 4.78 is 11.6. The second-order valence-electron chi connectivity index (χ2n) is 3.23. The van der Waals surface area contributed by atoms with Crippen molar-refractivity contribution in [1.29, 1.82) is 0 Å². The molecule has 0 saturated carbocycles. The van der Waals surface area contributed by atoms with Crippen molar-refractivity contribution in [3.63, 3.8) is 0 Å². The summed E-state index contributed by atoms with van der Waals surface area (Å²) in [7, 11) is 0. The molecule has 15 heavy (non-hydrogen) atoms. The Morgan fingerprint density at radius 2 is 2.33 bits per heavy atom. The Balaban J connectivity index is 2.51. The number of benzene rings is 1. The number of ether oxygens (including phenoxy) is 2. The summed E-state index contributed by atoms with van der Waals surface area (Å²) in [5.41, 5.74) is 2.17. The quantitative estimate of drug-likeness (QED) is 0.858. The minimum Gasteiger partial charge on any atom is -0.454 e. The molecule has 0 spiro atoms. The van der Waals surface area contributed by atoms with Crippen molar-refractivity contribution < 1.29 is 14.3 Å². The molecule has 0 amide bonds. The monoisotopic (exact) mass is 273 g/mol. The number of nitrogens with two attached hydrogens (primary N) is 1. The molecule has 0 saturated heterocycles. The highest BCUT2D eigenvalue weighted by Crippen LogP contribution is 2.43. The van der Waals surface area contributed by atoms with Crippen molar-refractivity contribution in [2.45, 2.75) is 20.0 Å². The van der Waals surface area contributed by atoms with E-state index in [-0.39, 0.29) is 6.79 Å². The first kappa shape index (κ1) is 10.7. The average Bonchev–Trinajstić information content (AvgIpc) is 2.67.